The summed E-state index contributed by atoms with van der Waals surface area (Å²) in [4.78, 5) is 26.8. The zero-order valence-electron chi connectivity index (χ0n) is 19.5. The third kappa shape index (κ3) is 4.21. The van der Waals surface area contributed by atoms with Crippen LogP contribution < -0.4 is 10.5 Å². The number of alkyl halides is 3. The van der Waals surface area contributed by atoms with Crippen LogP contribution in [0.1, 0.15) is 30.3 Å². The van der Waals surface area contributed by atoms with Crippen LogP contribution in [0.15, 0.2) is 35.4 Å². The lowest BCUT2D eigenvalue weighted by Gasteiger charge is -2.39. The van der Waals surface area contributed by atoms with E-state index in [0.29, 0.717) is 29.8 Å². The smallest absolute Gasteiger partial charge is 0.340 e. The van der Waals surface area contributed by atoms with E-state index in [1.807, 2.05) is 17.1 Å². The molecule has 0 radical (unpaired) electrons. The van der Waals surface area contributed by atoms with Crippen LogP contribution in [0.2, 0.25) is 0 Å². The minimum atomic E-state index is -4.95. The van der Waals surface area contributed by atoms with Crippen molar-refractivity contribution < 1.29 is 22.0 Å². The molecule has 2 fully saturated rings. The van der Waals surface area contributed by atoms with Crippen LogP contribution >= 0.6 is 0 Å². The molecule has 4 heterocycles. The largest absolute Gasteiger partial charge is 0.449 e. The van der Waals surface area contributed by atoms with Gasteiger partial charge in [-0.15, -0.1) is 0 Å². The van der Waals surface area contributed by atoms with Gasteiger partial charge in [0.2, 0.25) is 11.8 Å². The van der Waals surface area contributed by atoms with Gasteiger partial charge in [-0.25, -0.2) is 23.7 Å². The molecule has 0 amide bonds. The van der Waals surface area contributed by atoms with Crippen molar-refractivity contribution in [3.8, 4) is 11.3 Å². The number of aromatic nitrogens is 6. The average molecular weight is 517 g/mol. The summed E-state index contributed by atoms with van der Waals surface area (Å²) in [5, 5.41) is 4.39. The van der Waals surface area contributed by atoms with Crippen molar-refractivity contribution in [2.24, 2.45) is 13.0 Å². The summed E-state index contributed by atoms with van der Waals surface area (Å²) in [7, 11) is 0.943. The Morgan fingerprint density at radius 3 is 2.49 bits per heavy atom. The van der Waals surface area contributed by atoms with Crippen LogP contribution in [0.3, 0.4) is 0 Å². The molecule has 8 nitrogen and oxygen atoms in total. The topological polar surface area (TPSA) is 81.7 Å². The molecule has 192 valence electrons. The molecule has 1 saturated heterocycles. The normalized spacial score (nSPS) is 16.4. The Morgan fingerprint density at radius 2 is 1.81 bits per heavy atom. The summed E-state index contributed by atoms with van der Waals surface area (Å²) in [5.41, 5.74) is -1.43. The van der Waals surface area contributed by atoms with E-state index < -0.39 is 34.7 Å². The van der Waals surface area contributed by atoms with Crippen LogP contribution in [0, 0.1) is 17.6 Å². The van der Waals surface area contributed by atoms with Crippen LogP contribution in [0.4, 0.5) is 27.9 Å². The van der Waals surface area contributed by atoms with Crippen molar-refractivity contribution in [3.05, 3.63) is 64.0 Å². The van der Waals surface area contributed by atoms with E-state index in [1.165, 1.54) is 0 Å². The van der Waals surface area contributed by atoms with E-state index in [2.05, 4.69) is 20.1 Å². The monoisotopic (exact) mass is 517 g/mol. The van der Waals surface area contributed by atoms with Gasteiger partial charge in [0.1, 0.15) is 22.8 Å². The highest BCUT2D eigenvalue weighted by molar-refractivity contribution is 5.89. The van der Waals surface area contributed by atoms with Crippen molar-refractivity contribution in [1.82, 2.24) is 29.3 Å². The van der Waals surface area contributed by atoms with E-state index in [9.17, 15) is 26.7 Å². The van der Waals surface area contributed by atoms with Crippen LogP contribution in [-0.2, 0) is 19.6 Å². The number of fused-ring (bicyclic) bond motifs is 1. The number of hydrogen-bond acceptors (Lipinski definition) is 6. The van der Waals surface area contributed by atoms with Crippen molar-refractivity contribution in [3.63, 3.8) is 0 Å². The molecule has 13 heteroatoms. The van der Waals surface area contributed by atoms with E-state index in [4.69, 9.17) is 0 Å². The molecular formula is C24H20F5N7O. The quantitative estimate of drug-likeness (QED) is 0.374. The summed E-state index contributed by atoms with van der Waals surface area (Å²) < 4.78 is 71.3. The Morgan fingerprint density at radius 1 is 1.05 bits per heavy atom. The van der Waals surface area contributed by atoms with Crippen molar-refractivity contribution in [1.29, 1.82) is 0 Å². The predicted octanol–water partition coefficient (Wildman–Crippen LogP) is 3.90. The minimum absolute atomic E-state index is 0.0646. The minimum Gasteiger partial charge on any atom is -0.340 e. The number of rotatable bonds is 5. The van der Waals surface area contributed by atoms with Gasteiger partial charge in [-0.3, -0.25) is 14.0 Å². The van der Waals surface area contributed by atoms with Gasteiger partial charge in [0, 0.05) is 38.0 Å². The first kappa shape index (κ1) is 23.5. The van der Waals surface area contributed by atoms with Gasteiger partial charge in [0.25, 0.3) is 5.56 Å². The highest BCUT2D eigenvalue weighted by atomic mass is 19.4. The highest BCUT2D eigenvalue weighted by Gasteiger charge is 2.38. The summed E-state index contributed by atoms with van der Waals surface area (Å²) in [5.74, 6) is -3.07. The van der Waals surface area contributed by atoms with Crippen molar-refractivity contribution in [2.45, 2.75) is 31.5 Å². The Kier molecular flexibility index (Phi) is 5.28. The standard InChI is InChI=1S/C24H20F5N7O/c1-34-21(37)20-19(31-22(34)24(27,28)29)18(16-5-2-14(25)7-17(16)26)32-23(33-20)35-9-13(10-35)6-12-8-30-36(11-12)15-3-4-15/h2,5,7-8,11,13,15H,3-4,6,9-10H2,1H3. The van der Waals surface area contributed by atoms with Gasteiger partial charge < -0.3 is 4.90 Å². The van der Waals surface area contributed by atoms with Crippen LogP contribution in [0.5, 0.6) is 0 Å². The molecule has 0 bridgehead atoms. The second kappa shape index (κ2) is 8.32. The van der Waals surface area contributed by atoms with E-state index in [0.717, 1.165) is 44.0 Å². The van der Waals surface area contributed by atoms with Gasteiger partial charge in [0.05, 0.1) is 12.2 Å². The maximum absolute atomic E-state index is 14.7. The highest BCUT2D eigenvalue weighted by Crippen LogP contribution is 2.35. The predicted molar refractivity (Wildman–Crippen MR) is 123 cm³/mol. The molecule has 0 spiro atoms. The fourth-order valence-electron chi connectivity index (χ4n) is 4.62. The maximum atomic E-state index is 14.7. The van der Waals surface area contributed by atoms with Gasteiger partial charge >= 0.3 is 6.18 Å². The molecule has 0 atom stereocenters. The summed E-state index contributed by atoms with van der Waals surface area (Å²) >= 11 is 0. The molecule has 3 aromatic heterocycles. The third-order valence-electron chi connectivity index (χ3n) is 6.70. The number of benzene rings is 1. The van der Waals surface area contributed by atoms with Gasteiger partial charge in [-0.1, -0.05) is 0 Å². The molecule has 1 aliphatic heterocycles. The fourth-order valence-corrected chi connectivity index (χ4v) is 4.62. The zero-order valence-corrected chi connectivity index (χ0v) is 19.5. The number of anilines is 1. The van der Waals surface area contributed by atoms with E-state index >= 15 is 0 Å². The Bertz CT molecular complexity index is 1590. The van der Waals surface area contributed by atoms with Gasteiger partial charge in [0.15, 0.2) is 5.52 Å². The zero-order chi connectivity index (χ0) is 26.1. The molecule has 37 heavy (non-hydrogen) atoms. The summed E-state index contributed by atoms with van der Waals surface area (Å²) in [6.45, 7) is 1.06. The number of hydrogen-bond donors (Lipinski definition) is 0. The Labute approximate surface area is 206 Å². The average Bonchev–Trinajstić information content (AvgIpc) is 3.55. The van der Waals surface area contributed by atoms with E-state index in [1.54, 1.807) is 4.90 Å². The first-order chi connectivity index (χ1) is 17.6. The first-order valence-corrected chi connectivity index (χ1v) is 11.7. The Balaban J connectivity index is 1.38. The number of halogens is 5. The lowest BCUT2D eigenvalue weighted by atomic mass is 9.94. The molecule has 0 unspecified atom stereocenters. The lowest BCUT2D eigenvalue weighted by molar-refractivity contribution is -0.147. The molecule has 4 aromatic rings. The molecule has 0 N–H and O–H groups in total. The summed E-state index contributed by atoms with van der Waals surface area (Å²) in [6.07, 6.45) is 1.97. The third-order valence-corrected chi connectivity index (χ3v) is 6.70. The van der Waals surface area contributed by atoms with Crippen LogP contribution in [0.25, 0.3) is 22.3 Å². The molecule has 2 aliphatic rings. The maximum Gasteiger partial charge on any atom is 0.449 e. The molecule has 1 aromatic carbocycles. The van der Waals surface area contributed by atoms with Crippen molar-refractivity contribution >= 4 is 17.0 Å². The molecular weight excluding hydrogens is 497 g/mol. The van der Waals surface area contributed by atoms with E-state index in [-0.39, 0.29) is 28.6 Å². The molecule has 6 rings (SSSR count). The second-order valence-corrected chi connectivity index (χ2v) is 9.53. The molecule has 1 saturated carbocycles. The van der Waals surface area contributed by atoms with Gasteiger partial charge in [-0.2, -0.15) is 18.3 Å². The second-order valence-electron chi connectivity index (χ2n) is 9.53. The molecule has 1 aliphatic carbocycles. The number of nitrogens with zero attached hydrogens (tertiary/aromatic N) is 7. The van der Waals surface area contributed by atoms with Gasteiger partial charge in [-0.05, 0) is 42.9 Å². The van der Waals surface area contributed by atoms with Crippen molar-refractivity contribution in [2.75, 3.05) is 18.0 Å². The SMILES string of the molecule is Cn1c(C(F)(F)F)nc2c(-c3ccc(F)cc3F)nc(N3CC(Cc4cnn(C5CC5)c4)C3)nc2c1=O. The lowest BCUT2D eigenvalue weighted by Crippen LogP contribution is -2.48. The summed E-state index contributed by atoms with van der Waals surface area (Å²) in [6, 6.07) is 3.09. The van der Waals surface area contributed by atoms with Crippen LogP contribution in [-0.4, -0.2) is 42.4 Å². The fraction of sp³-hybridized carbons (Fsp3) is 0.375. The Hall–Kier alpha value is -3.90. The first-order valence-electron chi connectivity index (χ1n) is 11.7.